The van der Waals surface area contributed by atoms with Crippen LogP contribution in [-0.4, -0.2) is 11.8 Å². The number of rotatable bonds is 5. The fourth-order valence-corrected chi connectivity index (χ4v) is 1.65. The van der Waals surface area contributed by atoms with Crippen molar-refractivity contribution in [2.24, 2.45) is 5.73 Å². The highest BCUT2D eigenvalue weighted by Crippen LogP contribution is 2.18. The zero-order valence-electron chi connectivity index (χ0n) is 9.17. The summed E-state index contributed by atoms with van der Waals surface area (Å²) in [5.74, 6) is -0.495. The van der Waals surface area contributed by atoms with Gasteiger partial charge in [-0.15, -0.1) is 0 Å². The Hall–Kier alpha value is -0.930. The quantitative estimate of drug-likeness (QED) is 0.864. The summed E-state index contributed by atoms with van der Waals surface area (Å²) in [7, 11) is 0. The Bertz CT molecular complexity index is 381. The van der Waals surface area contributed by atoms with Gasteiger partial charge in [-0.3, -0.25) is 4.79 Å². The van der Waals surface area contributed by atoms with E-state index in [4.69, 9.17) is 17.3 Å². The van der Waals surface area contributed by atoms with Crippen LogP contribution in [0, 0.1) is 5.82 Å². The number of hydrogen-bond donors (Lipinski definition) is 1. The third kappa shape index (κ3) is 3.58. The van der Waals surface area contributed by atoms with Crippen LogP contribution >= 0.6 is 11.6 Å². The highest BCUT2D eigenvalue weighted by molar-refractivity contribution is 6.31. The van der Waals surface area contributed by atoms with Crippen molar-refractivity contribution in [1.29, 1.82) is 0 Å². The van der Waals surface area contributed by atoms with Gasteiger partial charge in [0.25, 0.3) is 0 Å². The minimum absolute atomic E-state index is 0.0950. The van der Waals surface area contributed by atoms with Gasteiger partial charge in [0.05, 0.1) is 6.04 Å². The SMILES string of the molecule is CCCC(N)C(=O)Cc1cc(F)ccc1Cl. The second-order valence-electron chi connectivity index (χ2n) is 3.77. The van der Waals surface area contributed by atoms with Gasteiger partial charge in [-0.1, -0.05) is 24.9 Å². The maximum absolute atomic E-state index is 12.9. The van der Waals surface area contributed by atoms with Crippen LogP contribution in [0.5, 0.6) is 0 Å². The molecule has 0 aliphatic carbocycles. The average Bonchev–Trinajstić information content (AvgIpc) is 2.23. The van der Waals surface area contributed by atoms with Gasteiger partial charge in [-0.05, 0) is 30.2 Å². The summed E-state index contributed by atoms with van der Waals surface area (Å²) in [6.07, 6.45) is 1.59. The molecule has 88 valence electrons. The maximum Gasteiger partial charge on any atom is 0.153 e. The van der Waals surface area contributed by atoms with E-state index < -0.39 is 11.9 Å². The van der Waals surface area contributed by atoms with Crippen molar-refractivity contribution in [3.63, 3.8) is 0 Å². The number of carbonyl (C=O) groups is 1. The second-order valence-corrected chi connectivity index (χ2v) is 4.18. The van der Waals surface area contributed by atoms with E-state index in [2.05, 4.69) is 0 Å². The van der Waals surface area contributed by atoms with E-state index in [1.165, 1.54) is 18.2 Å². The van der Waals surface area contributed by atoms with Crippen molar-refractivity contribution in [1.82, 2.24) is 0 Å². The molecule has 0 bridgehead atoms. The van der Waals surface area contributed by atoms with Crippen molar-refractivity contribution in [2.75, 3.05) is 0 Å². The Labute approximate surface area is 99.6 Å². The first-order valence-electron chi connectivity index (χ1n) is 5.26. The lowest BCUT2D eigenvalue weighted by Gasteiger charge is -2.10. The predicted molar refractivity (Wildman–Crippen MR) is 63.0 cm³/mol. The van der Waals surface area contributed by atoms with Crippen LogP contribution in [0.2, 0.25) is 5.02 Å². The number of carbonyl (C=O) groups excluding carboxylic acids is 1. The van der Waals surface area contributed by atoms with E-state index in [1.54, 1.807) is 0 Å². The third-order valence-electron chi connectivity index (χ3n) is 2.39. The Kier molecular flexibility index (Phi) is 4.90. The topological polar surface area (TPSA) is 43.1 Å². The highest BCUT2D eigenvalue weighted by Gasteiger charge is 2.14. The van der Waals surface area contributed by atoms with Crippen LogP contribution < -0.4 is 5.73 Å². The Morgan fingerprint density at radius 2 is 2.25 bits per heavy atom. The van der Waals surface area contributed by atoms with Gasteiger partial charge in [0.15, 0.2) is 5.78 Å². The lowest BCUT2D eigenvalue weighted by molar-refractivity contribution is -0.119. The molecule has 1 aromatic rings. The number of hydrogen-bond acceptors (Lipinski definition) is 2. The molecule has 1 aromatic carbocycles. The monoisotopic (exact) mass is 243 g/mol. The first-order chi connectivity index (χ1) is 7.54. The van der Waals surface area contributed by atoms with Crippen molar-refractivity contribution in [2.45, 2.75) is 32.2 Å². The summed E-state index contributed by atoms with van der Waals surface area (Å²) < 4.78 is 12.9. The molecule has 1 unspecified atom stereocenters. The highest BCUT2D eigenvalue weighted by atomic mass is 35.5. The maximum atomic E-state index is 12.9. The van der Waals surface area contributed by atoms with Gasteiger partial charge < -0.3 is 5.73 Å². The molecule has 2 N–H and O–H groups in total. The molecule has 0 radical (unpaired) electrons. The fourth-order valence-electron chi connectivity index (χ4n) is 1.47. The molecule has 0 aromatic heterocycles. The lowest BCUT2D eigenvalue weighted by Crippen LogP contribution is -2.31. The van der Waals surface area contributed by atoms with Gasteiger partial charge in [-0.2, -0.15) is 0 Å². The number of ketones is 1. The molecule has 0 saturated carbocycles. The van der Waals surface area contributed by atoms with Crippen LogP contribution in [-0.2, 0) is 11.2 Å². The van der Waals surface area contributed by atoms with Crippen molar-refractivity contribution in [3.8, 4) is 0 Å². The number of halogens is 2. The molecule has 0 amide bonds. The molecule has 4 heteroatoms. The zero-order chi connectivity index (χ0) is 12.1. The van der Waals surface area contributed by atoms with Gasteiger partial charge in [-0.25, -0.2) is 4.39 Å². The Morgan fingerprint density at radius 3 is 2.88 bits per heavy atom. The minimum atomic E-state index is -0.482. The molecular formula is C12H15ClFNO. The molecule has 2 nitrogen and oxygen atoms in total. The number of Topliss-reactive ketones (excluding diaryl/α,β-unsaturated/α-hetero) is 1. The van der Waals surface area contributed by atoms with Crippen LogP contribution in [0.3, 0.4) is 0 Å². The van der Waals surface area contributed by atoms with Gasteiger partial charge in [0.2, 0.25) is 0 Å². The first-order valence-corrected chi connectivity index (χ1v) is 5.64. The van der Waals surface area contributed by atoms with E-state index in [9.17, 15) is 9.18 Å². The number of benzene rings is 1. The van der Waals surface area contributed by atoms with Crippen molar-refractivity contribution < 1.29 is 9.18 Å². The Balaban J connectivity index is 2.72. The van der Waals surface area contributed by atoms with E-state index in [0.29, 0.717) is 17.0 Å². The normalized spacial score (nSPS) is 12.5. The second kappa shape index (κ2) is 5.97. The lowest BCUT2D eigenvalue weighted by atomic mass is 10.0. The molecule has 1 rings (SSSR count). The van der Waals surface area contributed by atoms with Crippen LogP contribution in [0.15, 0.2) is 18.2 Å². The molecule has 0 aliphatic heterocycles. The summed E-state index contributed by atoms with van der Waals surface area (Å²) >= 11 is 5.86. The zero-order valence-corrected chi connectivity index (χ0v) is 9.93. The van der Waals surface area contributed by atoms with Crippen molar-refractivity contribution >= 4 is 17.4 Å². The van der Waals surface area contributed by atoms with Crippen LogP contribution in [0.1, 0.15) is 25.3 Å². The summed E-state index contributed by atoms with van der Waals surface area (Å²) in [5.41, 5.74) is 6.18. The summed E-state index contributed by atoms with van der Waals surface area (Å²) in [6.45, 7) is 1.96. The van der Waals surface area contributed by atoms with Gasteiger partial charge >= 0.3 is 0 Å². The standard InChI is InChI=1S/C12H15ClFNO/c1-2-3-11(15)12(16)7-8-6-9(14)4-5-10(8)13/h4-6,11H,2-3,7,15H2,1H3. The van der Waals surface area contributed by atoms with Crippen LogP contribution in [0.4, 0.5) is 4.39 Å². The fraction of sp³-hybridized carbons (Fsp3) is 0.417. The molecule has 0 saturated heterocycles. The third-order valence-corrected chi connectivity index (χ3v) is 2.75. The summed E-state index contributed by atoms with van der Waals surface area (Å²) in [4.78, 5) is 11.7. The minimum Gasteiger partial charge on any atom is -0.321 e. The molecule has 16 heavy (non-hydrogen) atoms. The molecule has 1 atom stereocenters. The largest absolute Gasteiger partial charge is 0.321 e. The first kappa shape index (κ1) is 13.1. The van der Waals surface area contributed by atoms with E-state index >= 15 is 0 Å². The molecule has 0 spiro atoms. The van der Waals surface area contributed by atoms with Crippen LogP contribution in [0.25, 0.3) is 0 Å². The summed E-state index contributed by atoms with van der Waals surface area (Å²) in [6, 6.07) is 3.51. The van der Waals surface area contributed by atoms with Gasteiger partial charge in [0, 0.05) is 11.4 Å². The van der Waals surface area contributed by atoms with E-state index in [-0.39, 0.29) is 12.2 Å². The van der Waals surface area contributed by atoms with E-state index in [0.717, 1.165) is 6.42 Å². The Morgan fingerprint density at radius 1 is 1.56 bits per heavy atom. The summed E-state index contributed by atoms with van der Waals surface area (Å²) in [5, 5.41) is 0.401. The molecule has 0 fully saturated rings. The molecule has 0 heterocycles. The smallest absolute Gasteiger partial charge is 0.153 e. The molecular weight excluding hydrogens is 229 g/mol. The predicted octanol–water partition coefficient (Wildman–Crippen LogP) is 2.72. The van der Waals surface area contributed by atoms with Gasteiger partial charge in [0.1, 0.15) is 5.82 Å². The van der Waals surface area contributed by atoms with E-state index in [1.807, 2.05) is 6.92 Å². The molecule has 0 aliphatic rings. The average molecular weight is 244 g/mol. The van der Waals surface area contributed by atoms with Crippen molar-refractivity contribution in [3.05, 3.63) is 34.6 Å². The number of nitrogens with two attached hydrogens (primary N) is 1.